The Kier molecular flexibility index (Phi) is 5.81. The van der Waals surface area contributed by atoms with Gasteiger partial charge in [0.25, 0.3) is 0 Å². The van der Waals surface area contributed by atoms with Crippen molar-refractivity contribution >= 4 is 17.6 Å². The first kappa shape index (κ1) is 15.0. The zero-order chi connectivity index (χ0) is 14.3. The Hall–Kier alpha value is -2.08. The van der Waals surface area contributed by atoms with E-state index in [2.05, 4.69) is 5.32 Å². The number of ether oxygens (including phenoxy) is 1. The van der Waals surface area contributed by atoms with E-state index in [4.69, 9.17) is 14.9 Å². The van der Waals surface area contributed by atoms with Gasteiger partial charge in [0.2, 0.25) is 5.91 Å². The summed E-state index contributed by atoms with van der Waals surface area (Å²) in [5.74, 6) is -1.01. The third-order valence-corrected chi connectivity index (χ3v) is 2.35. The Morgan fingerprint density at radius 1 is 1.32 bits per heavy atom. The summed E-state index contributed by atoms with van der Waals surface area (Å²) in [6, 6.07) is 4.26. The summed E-state index contributed by atoms with van der Waals surface area (Å²) in [4.78, 5) is 21.9. The molecule has 1 rings (SSSR count). The van der Waals surface area contributed by atoms with Gasteiger partial charge in [-0.15, -0.1) is 0 Å². The number of carbonyl (C=O) groups excluding carboxylic acids is 1. The summed E-state index contributed by atoms with van der Waals surface area (Å²) >= 11 is 0. The normalized spacial score (nSPS) is 10.0. The first-order chi connectivity index (χ1) is 9.04. The summed E-state index contributed by atoms with van der Waals surface area (Å²) in [5, 5.41) is 20.2. The van der Waals surface area contributed by atoms with Crippen molar-refractivity contribution in [3.05, 3.63) is 23.8 Å². The number of amides is 1. The van der Waals surface area contributed by atoms with Crippen LogP contribution in [0.25, 0.3) is 0 Å². The number of nitrogens with one attached hydrogen (secondary N) is 1. The van der Waals surface area contributed by atoms with Gasteiger partial charge in [0.15, 0.2) is 0 Å². The molecule has 0 aliphatic carbocycles. The number of aliphatic hydroxyl groups excluding tert-OH is 1. The third-order valence-electron chi connectivity index (χ3n) is 2.35. The topological polar surface area (TPSA) is 95.9 Å². The van der Waals surface area contributed by atoms with Gasteiger partial charge in [-0.3, -0.25) is 4.79 Å². The minimum Gasteiger partial charge on any atom is -0.491 e. The van der Waals surface area contributed by atoms with Gasteiger partial charge in [-0.25, -0.2) is 4.79 Å². The molecule has 0 unspecified atom stereocenters. The van der Waals surface area contributed by atoms with Gasteiger partial charge in [0.1, 0.15) is 5.75 Å². The number of unbranched alkanes of at least 4 members (excludes halogenated alkanes) is 1. The minimum absolute atomic E-state index is 0.0804. The molecule has 0 bridgehead atoms. The molecule has 3 N–H and O–H groups in total. The number of benzene rings is 1. The highest BCUT2D eigenvalue weighted by Crippen LogP contribution is 2.26. The zero-order valence-corrected chi connectivity index (χ0v) is 10.7. The minimum atomic E-state index is -1.06. The van der Waals surface area contributed by atoms with E-state index in [1.54, 1.807) is 0 Å². The number of anilines is 1. The van der Waals surface area contributed by atoms with Crippen LogP contribution in [0.3, 0.4) is 0 Å². The van der Waals surface area contributed by atoms with E-state index >= 15 is 0 Å². The molecule has 0 saturated heterocycles. The molecule has 0 atom stereocenters. The molecule has 0 radical (unpaired) electrons. The molecule has 0 aromatic heterocycles. The smallest absolute Gasteiger partial charge is 0.335 e. The predicted molar refractivity (Wildman–Crippen MR) is 69.5 cm³/mol. The maximum absolute atomic E-state index is 11.0. The van der Waals surface area contributed by atoms with E-state index in [0.717, 1.165) is 0 Å². The number of carbonyl (C=O) groups is 2. The highest BCUT2D eigenvalue weighted by atomic mass is 16.5. The highest BCUT2D eigenvalue weighted by Gasteiger charge is 2.10. The quantitative estimate of drug-likeness (QED) is 0.650. The monoisotopic (exact) mass is 267 g/mol. The van der Waals surface area contributed by atoms with Crippen LogP contribution >= 0.6 is 0 Å². The molecular weight excluding hydrogens is 250 g/mol. The summed E-state index contributed by atoms with van der Waals surface area (Å²) in [7, 11) is 0. The van der Waals surface area contributed by atoms with E-state index in [1.807, 2.05) is 0 Å². The number of carboxylic acid groups (broad SMARTS) is 1. The Labute approximate surface area is 111 Å². The Morgan fingerprint density at radius 3 is 2.63 bits per heavy atom. The lowest BCUT2D eigenvalue weighted by Gasteiger charge is -2.12. The fraction of sp³-hybridized carbons (Fsp3) is 0.385. The van der Waals surface area contributed by atoms with Crippen LogP contribution in [0.4, 0.5) is 5.69 Å². The van der Waals surface area contributed by atoms with Crippen molar-refractivity contribution in [2.75, 3.05) is 18.5 Å². The number of aliphatic hydroxyl groups is 1. The van der Waals surface area contributed by atoms with Crippen LogP contribution in [0, 0.1) is 0 Å². The van der Waals surface area contributed by atoms with Crippen molar-refractivity contribution in [1.29, 1.82) is 0 Å². The number of rotatable bonds is 7. The summed E-state index contributed by atoms with van der Waals surface area (Å²) in [6.45, 7) is 1.79. The molecule has 1 aromatic rings. The maximum Gasteiger partial charge on any atom is 0.335 e. The lowest BCUT2D eigenvalue weighted by atomic mass is 10.2. The number of carboxylic acids is 1. The SMILES string of the molecule is CC(=O)Nc1ccc(C(=O)O)cc1OCCCCO. The lowest BCUT2D eigenvalue weighted by Crippen LogP contribution is -2.09. The van der Waals surface area contributed by atoms with E-state index in [9.17, 15) is 9.59 Å². The Balaban J connectivity index is 2.84. The van der Waals surface area contributed by atoms with Gasteiger partial charge >= 0.3 is 5.97 Å². The van der Waals surface area contributed by atoms with Crippen LogP contribution < -0.4 is 10.1 Å². The van der Waals surface area contributed by atoms with Crippen molar-refractivity contribution < 1.29 is 24.5 Å². The summed E-state index contributed by atoms with van der Waals surface area (Å²) < 4.78 is 5.44. The molecule has 0 heterocycles. The van der Waals surface area contributed by atoms with Crippen LogP contribution in [-0.2, 0) is 4.79 Å². The van der Waals surface area contributed by atoms with E-state index in [0.29, 0.717) is 30.9 Å². The van der Waals surface area contributed by atoms with E-state index in [-0.39, 0.29) is 18.1 Å². The standard InChI is InChI=1S/C13H17NO5/c1-9(16)14-11-5-4-10(13(17)18)8-12(11)19-7-3-2-6-15/h4-5,8,15H,2-3,6-7H2,1H3,(H,14,16)(H,17,18). The number of hydrogen-bond acceptors (Lipinski definition) is 4. The average Bonchev–Trinajstić information content (AvgIpc) is 2.35. The highest BCUT2D eigenvalue weighted by molar-refractivity contribution is 5.93. The van der Waals surface area contributed by atoms with Crippen LogP contribution in [0.5, 0.6) is 5.75 Å². The first-order valence-electron chi connectivity index (χ1n) is 5.93. The largest absolute Gasteiger partial charge is 0.491 e. The van der Waals surface area contributed by atoms with Gasteiger partial charge in [-0.2, -0.15) is 0 Å². The Bertz CT molecular complexity index is 458. The van der Waals surface area contributed by atoms with Crippen molar-refractivity contribution in [1.82, 2.24) is 0 Å². The third kappa shape index (κ3) is 4.97. The molecular formula is C13H17NO5. The van der Waals surface area contributed by atoms with Gasteiger partial charge < -0.3 is 20.3 Å². The summed E-state index contributed by atoms with van der Waals surface area (Å²) in [5.41, 5.74) is 0.521. The van der Waals surface area contributed by atoms with Crippen LogP contribution in [0.2, 0.25) is 0 Å². The second kappa shape index (κ2) is 7.38. The molecule has 104 valence electrons. The van der Waals surface area contributed by atoms with Gasteiger partial charge in [-0.05, 0) is 31.0 Å². The maximum atomic E-state index is 11.0. The predicted octanol–water partition coefficient (Wildman–Crippen LogP) is 1.49. The molecule has 1 amide bonds. The van der Waals surface area contributed by atoms with Gasteiger partial charge in [0.05, 0.1) is 17.9 Å². The van der Waals surface area contributed by atoms with Gasteiger partial charge in [-0.1, -0.05) is 0 Å². The molecule has 6 heteroatoms. The van der Waals surface area contributed by atoms with Crippen molar-refractivity contribution in [3.63, 3.8) is 0 Å². The molecule has 0 aliphatic rings. The van der Waals surface area contributed by atoms with E-state index < -0.39 is 5.97 Å². The molecule has 1 aromatic carbocycles. The van der Waals surface area contributed by atoms with Crippen molar-refractivity contribution in [2.24, 2.45) is 0 Å². The van der Waals surface area contributed by atoms with Crippen LogP contribution in [-0.4, -0.2) is 35.3 Å². The van der Waals surface area contributed by atoms with Gasteiger partial charge in [0, 0.05) is 13.5 Å². The summed E-state index contributed by atoms with van der Waals surface area (Å²) in [6.07, 6.45) is 1.25. The van der Waals surface area contributed by atoms with Crippen LogP contribution in [0.15, 0.2) is 18.2 Å². The Morgan fingerprint density at radius 2 is 2.05 bits per heavy atom. The molecule has 19 heavy (non-hydrogen) atoms. The molecule has 0 saturated carbocycles. The van der Waals surface area contributed by atoms with Crippen LogP contribution in [0.1, 0.15) is 30.1 Å². The second-order valence-corrected chi connectivity index (χ2v) is 3.98. The van der Waals surface area contributed by atoms with E-state index in [1.165, 1.54) is 25.1 Å². The fourth-order valence-electron chi connectivity index (χ4n) is 1.46. The molecule has 6 nitrogen and oxygen atoms in total. The number of aromatic carboxylic acids is 1. The molecule has 0 fully saturated rings. The van der Waals surface area contributed by atoms with Crippen molar-refractivity contribution in [2.45, 2.75) is 19.8 Å². The average molecular weight is 267 g/mol. The lowest BCUT2D eigenvalue weighted by molar-refractivity contribution is -0.114. The van der Waals surface area contributed by atoms with Crippen molar-refractivity contribution in [3.8, 4) is 5.75 Å². The number of hydrogen-bond donors (Lipinski definition) is 3. The first-order valence-corrected chi connectivity index (χ1v) is 5.93. The second-order valence-electron chi connectivity index (χ2n) is 3.98. The fourth-order valence-corrected chi connectivity index (χ4v) is 1.46. The molecule has 0 aliphatic heterocycles. The molecule has 0 spiro atoms. The zero-order valence-electron chi connectivity index (χ0n) is 10.7.